The highest BCUT2D eigenvalue weighted by Crippen LogP contribution is 2.41. The molecule has 1 aromatic heterocycles. The second kappa shape index (κ2) is 4.94. The molecule has 0 nitrogen and oxygen atoms in total. The summed E-state index contributed by atoms with van der Waals surface area (Å²) in [5.41, 5.74) is 1.44. The summed E-state index contributed by atoms with van der Waals surface area (Å²) in [7, 11) is 0. The van der Waals surface area contributed by atoms with E-state index in [0.717, 1.165) is 30.2 Å². The quantitative estimate of drug-likeness (QED) is 0.521. The zero-order chi connectivity index (χ0) is 13.6. The Morgan fingerprint density at radius 1 is 1.00 bits per heavy atom. The lowest BCUT2D eigenvalue weighted by molar-refractivity contribution is 0.491. The van der Waals surface area contributed by atoms with E-state index < -0.39 is 22.3 Å². The molecule has 1 atom stereocenters. The van der Waals surface area contributed by atoms with Gasteiger partial charge in [-0.05, 0) is 37.0 Å². The molecule has 19 heavy (non-hydrogen) atoms. The van der Waals surface area contributed by atoms with Crippen LogP contribution in [0.2, 0.25) is 0 Å². The summed E-state index contributed by atoms with van der Waals surface area (Å²) in [5.74, 6) is -2.91. The van der Waals surface area contributed by atoms with E-state index in [9.17, 15) is 13.2 Å². The van der Waals surface area contributed by atoms with Crippen LogP contribution in [0.1, 0.15) is 32.1 Å². The number of thiophene rings is 1. The van der Waals surface area contributed by atoms with Crippen LogP contribution in [0.4, 0.5) is 13.2 Å². The van der Waals surface area contributed by atoms with Crippen molar-refractivity contribution in [2.45, 2.75) is 24.1 Å². The number of alkyl halides is 1. The van der Waals surface area contributed by atoms with Crippen molar-refractivity contribution in [2.75, 3.05) is 0 Å². The number of hydrogen-bond donors (Lipinski definition) is 0. The number of hydrogen-bond acceptors (Lipinski definition) is 1. The Morgan fingerprint density at radius 3 is 2.47 bits per heavy atom. The Morgan fingerprint density at radius 2 is 1.74 bits per heavy atom. The summed E-state index contributed by atoms with van der Waals surface area (Å²) in [4.78, 5) is 1.83. The van der Waals surface area contributed by atoms with Crippen LogP contribution in [0.5, 0.6) is 0 Å². The van der Waals surface area contributed by atoms with Gasteiger partial charge in [-0.2, -0.15) is 0 Å². The van der Waals surface area contributed by atoms with Crippen molar-refractivity contribution in [3.63, 3.8) is 0 Å². The smallest absolute Gasteiger partial charge is 0.161 e. The van der Waals surface area contributed by atoms with Crippen molar-refractivity contribution < 1.29 is 13.2 Å². The minimum Gasteiger partial charge on any atom is -0.207 e. The highest BCUT2D eigenvalue weighted by molar-refractivity contribution is 9.09. The molecular formula is C14H10BrF3S. The fourth-order valence-corrected chi connectivity index (χ4v) is 4.38. The van der Waals surface area contributed by atoms with Crippen LogP contribution in [0.3, 0.4) is 0 Å². The molecule has 3 rings (SSSR count). The Labute approximate surface area is 121 Å². The fraction of sp³-hybridized carbons (Fsp3) is 0.286. The van der Waals surface area contributed by atoms with Crippen molar-refractivity contribution in [2.24, 2.45) is 0 Å². The SMILES string of the molecule is Fc1cc(F)c(C(Br)c2cc3c(s2)CCC3)cc1F. The van der Waals surface area contributed by atoms with Gasteiger partial charge < -0.3 is 0 Å². The second-order valence-electron chi connectivity index (χ2n) is 4.60. The van der Waals surface area contributed by atoms with Crippen LogP contribution in [0, 0.1) is 17.5 Å². The fourth-order valence-electron chi connectivity index (χ4n) is 2.36. The molecule has 2 aromatic rings. The van der Waals surface area contributed by atoms with E-state index in [1.807, 2.05) is 6.07 Å². The van der Waals surface area contributed by atoms with Crippen molar-refractivity contribution >= 4 is 27.3 Å². The summed E-state index contributed by atoms with van der Waals surface area (Å²) in [5, 5.41) is 0. The average Bonchev–Trinajstić information content (AvgIpc) is 2.93. The van der Waals surface area contributed by atoms with Crippen LogP contribution < -0.4 is 0 Å². The number of aryl methyl sites for hydroxylation is 2. The Kier molecular flexibility index (Phi) is 3.43. The maximum absolute atomic E-state index is 13.7. The summed E-state index contributed by atoms with van der Waals surface area (Å²) in [6.07, 6.45) is 3.26. The van der Waals surface area contributed by atoms with Crippen LogP contribution in [0.25, 0.3) is 0 Å². The molecule has 5 heteroatoms. The second-order valence-corrected chi connectivity index (χ2v) is 6.69. The maximum atomic E-state index is 13.7. The van der Waals surface area contributed by atoms with E-state index >= 15 is 0 Å². The summed E-state index contributed by atoms with van der Waals surface area (Å²) >= 11 is 5.00. The number of rotatable bonds is 2. The van der Waals surface area contributed by atoms with Gasteiger partial charge in [0.15, 0.2) is 11.6 Å². The van der Waals surface area contributed by atoms with Crippen LogP contribution in [0.15, 0.2) is 18.2 Å². The third-order valence-electron chi connectivity index (χ3n) is 3.33. The van der Waals surface area contributed by atoms with Gasteiger partial charge in [0.05, 0.1) is 4.83 Å². The Balaban J connectivity index is 1.99. The third kappa shape index (κ3) is 2.34. The molecule has 0 spiro atoms. The molecule has 0 aliphatic heterocycles. The summed E-state index contributed by atoms with van der Waals surface area (Å²) in [6, 6.07) is 3.56. The Hall–Kier alpha value is -0.810. The molecule has 1 aliphatic rings. The molecule has 0 radical (unpaired) electrons. The van der Waals surface area contributed by atoms with E-state index in [4.69, 9.17) is 0 Å². The third-order valence-corrected chi connectivity index (χ3v) is 5.92. The van der Waals surface area contributed by atoms with Crippen molar-refractivity contribution in [1.29, 1.82) is 0 Å². The highest BCUT2D eigenvalue weighted by Gasteiger charge is 2.23. The lowest BCUT2D eigenvalue weighted by atomic mass is 10.1. The molecule has 0 bridgehead atoms. The van der Waals surface area contributed by atoms with Crippen molar-refractivity contribution in [1.82, 2.24) is 0 Å². The molecule has 1 unspecified atom stereocenters. The standard InChI is InChI=1S/C14H10BrF3S/c15-14(8-5-10(17)11(18)6-9(8)16)13-4-7-2-1-3-12(7)19-13/h4-6,14H,1-3H2. The first kappa shape index (κ1) is 13.2. The molecule has 0 amide bonds. The number of halogens is 4. The monoisotopic (exact) mass is 346 g/mol. The normalized spacial score (nSPS) is 15.6. The largest absolute Gasteiger partial charge is 0.207 e. The van der Waals surface area contributed by atoms with Crippen molar-refractivity contribution in [3.05, 3.63) is 56.5 Å². The van der Waals surface area contributed by atoms with E-state index in [1.165, 1.54) is 10.4 Å². The predicted octanol–water partition coefficient (Wildman–Crippen LogP) is 5.14. The minimum absolute atomic E-state index is 0.138. The molecule has 1 aromatic carbocycles. The Bertz CT molecular complexity index is 614. The molecule has 1 aliphatic carbocycles. The molecule has 0 saturated heterocycles. The zero-order valence-corrected chi connectivity index (χ0v) is 12.3. The van der Waals surface area contributed by atoms with E-state index in [-0.39, 0.29) is 5.56 Å². The number of benzene rings is 1. The molecule has 0 saturated carbocycles. The van der Waals surface area contributed by atoms with Gasteiger partial charge in [0.2, 0.25) is 0 Å². The van der Waals surface area contributed by atoms with Gasteiger partial charge in [-0.1, -0.05) is 15.9 Å². The predicted molar refractivity (Wildman–Crippen MR) is 73.4 cm³/mol. The van der Waals surface area contributed by atoms with Crippen LogP contribution in [-0.2, 0) is 12.8 Å². The van der Waals surface area contributed by atoms with Gasteiger partial charge in [0.25, 0.3) is 0 Å². The van der Waals surface area contributed by atoms with Gasteiger partial charge in [-0.3, -0.25) is 0 Å². The lowest BCUT2D eigenvalue weighted by Gasteiger charge is -2.10. The van der Waals surface area contributed by atoms with Gasteiger partial charge in [0.1, 0.15) is 5.82 Å². The molecule has 100 valence electrons. The zero-order valence-electron chi connectivity index (χ0n) is 9.85. The molecule has 0 N–H and O–H groups in total. The topological polar surface area (TPSA) is 0 Å². The first-order valence-electron chi connectivity index (χ1n) is 5.96. The lowest BCUT2D eigenvalue weighted by Crippen LogP contribution is -1.98. The van der Waals surface area contributed by atoms with Crippen LogP contribution in [-0.4, -0.2) is 0 Å². The van der Waals surface area contributed by atoms with E-state index in [0.29, 0.717) is 6.07 Å². The van der Waals surface area contributed by atoms with Gasteiger partial charge in [-0.25, -0.2) is 13.2 Å². The summed E-state index contributed by atoms with van der Waals surface area (Å²) < 4.78 is 39.9. The first-order valence-corrected chi connectivity index (χ1v) is 7.69. The summed E-state index contributed by atoms with van der Waals surface area (Å²) in [6.45, 7) is 0. The molecule has 0 fully saturated rings. The minimum atomic E-state index is -1.16. The highest BCUT2D eigenvalue weighted by atomic mass is 79.9. The van der Waals surface area contributed by atoms with Crippen molar-refractivity contribution in [3.8, 4) is 0 Å². The van der Waals surface area contributed by atoms with Gasteiger partial charge in [-0.15, -0.1) is 11.3 Å². The van der Waals surface area contributed by atoms with Gasteiger partial charge in [0, 0.05) is 21.4 Å². The maximum Gasteiger partial charge on any atom is 0.161 e. The van der Waals surface area contributed by atoms with Gasteiger partial charge >= 0.3 is 0 Å². The number of fused-ring (bicyclic) bond motifs is 1. The first-order chi connectivity index (χ1) is 9.06. The average molecular weight is 347 g/mol. The molecular weight excluding hydrogens is 337 g/mol. The van der Waals surface area contributed by atoms with Crippen LogP contribution >= 0.6 is 27.3 Å². The van der Waals surface area contributed by atoms with E-state index in [1.54, 1.807) is 11.3 Å². The van der Waals surface area contributed by atoms with E-state index in [2.05, 4.69) is 15.9 Å². The molecule has 1 heterocycles.